The molecule has 5 heteroatoms. The van der Waals surface area contributed by atoms with E-state index in [-0.39, 0.29) is 29.2 Å². The van der Waals surface area contributed by atoms with E-state index in [4.69, 9.17) is 0 Å². The molecule has 0 spiro atoms. The Hall–Kier alpha value is -2.17. The van der Waals surface area contributed by atoms with E-state index in [0.29, 0.717) is 24.1 Å². The van der Waals surface area contributed by atoms with Crippen molar-refractivity contribution in [1.82, 2.24) is 10.2 Å². The van der Waals surface area contributed by atoms with Gasteiger partial charge in [-0.3, -0.25) is 19.3 Å². The van der Waals surface area contributed by atoms with E-state index >= 15 is 0 Å². The summed E-state index contributed by atoms with van der Waals surface area (Å²) in [5.74, 6) is -0.416. The number of amides is 3. The second kappa shape index (κ2) is 4.16. The van der Waals surface area contributed by atoms with Gasteiger partial charge in [-0.15, -0.1) is 0 Å². The van der Waals surface area contributed by atoms with Crippen molar-refractivity contribution in [1.29, 1.82) is 0 Å². The van der Waals surface area contributed by atoms with Gasteiger partial charge in [-0.25, -0.2) is 0 Å². The molecule has 1 aliphatic carbocycles. The third-order valence-electron chi connectivity index (χ3n) is 5.11. The molecular weight excluding hydrogens is 268 g/mol. The number of nitrogens with zero attached hydrogens (tertiary/aromatic N) is 1. The minimum Gasteiger partial charge on any atom is -0.353 e. The molecule has 2 atom stereocenters. The van der Waals surface area contributed by atoms with E-state index in [1.165, 1.54) is 4.90 Å². The Morgan fingerprint density at radius 1 is 1.14 bits per heavy atom. The number of hydrogen-bond acceptors (Lipinski definition) is 3. The SMILES string of the molecule is O=C1C[C@]2(CN3C(=O)c4ccccc4C3=O)CCC[C@@H]2N1. The molecular formula is C16H16N2O3. The fourth-order valence-electron chi connectivity index (χ4n) is 4.08. The minimum atomic E-state index is -0.259. The van der Waals surface area contributed by atoms with Crippen LogP contribution in [0.2, 0.25) is 0 Å². The predicted octanol–water partition coefficient (Wildman–Crippen LogP) is 1.34. The van der Waals surface area contributed by atoms with Crippen LogP contribution in [0.5, 0.6) is 0 Å². The lowest BCUT2D eigenvalue weighted by Crippen LogP contribution is -2.44. The van der Waals surface area contributed by atoms with Crippen LogP contribution in [0.1, 0.15) is 46.4 Å². The fraction of sp³-hybridized carbons (Fsp3) is 0.438. The summed E-state index contributed by atoms with van der Waals surface area (Å²) < 4.78 is 0. The van der Waals surface area contributed by atoms with Gasteiger partial charge in [-0.05, 0) is 25.0 Å². The summed E-state index contributed by atoms with van der Waals surface area (Å²) in [6, 6.07) is 7.03. The maximum absolute atomic E-state index is 12.5. The summed E-state index contributed by atoms with van der Waals surface area (Å²) >= 11 is 0. The summed E-state index contributed by atoms with van der Waals surface area (Å²) in [5, 5.41) is 2.99. The Morgan fingerprint density at radius 3 is 2.48 bits per heavy atom. The zero-order valence-electron chi connectivity index (χ0n) is 11.6. The molecule has 0 aromatic heterocycles. The molecule has 1 aromatic rings. The van der Waals surface area contributed by atoms with Gasteiger partial charge in [0.1, 0.15) is 0 Å². The Kier molecular flexibility index (Phi) is 2.49. The van der Waals surface area contributed by atoms with Gasteiger partial charge in [0.25, 0.3) is 11.8 Å². The molecule has 0 unspecified atom stereocenters. The molecule has 1 saturated heterocycles. The molecule has 2 aliphatic heterocycles. The van der Waals surface area contributed by atoms with E-state index in [0.717, 1.165) is 19.3 Å². The van der Waals surface area contributed by atoms with Gasteiger partial charge >= 0.3 is 0 Å². The zero-order valence-corrected chi connectivity index (χ0v) is 11.6. The van der Waals surface area contributed by atoms with Gasteiger partial charge in [0.2, 0.25) is 5.91 Å². The average molecular weight is 284 g/mol. The highest BCUT2D eigenvalue weighted by Gasteiger charge is 2.52. The summed E-state index contributed by atoms with van der Waals surface area (Å²) in [4.78, 5) is 38.0. The highest BCUT2D eigenvalue weighted by Crippen LogP contribution is 2.46. The monoisotopic (exact) mass is 284 g/mol. The minimum absolute atomic E-state index is 0.0382. The molecule has 1 aromatic carbocycles. The highest BCUT2D eigenvalue weighted by molar-refractivity contribution is 6.21. The maximum atomic E-state index is 12.5. The number of hydrogen-bond donors (Lipinski definition) is 1. The smallest absolute Gasteiger partial charge is 0.261 e. The molecule has 3 amide bonds. The first-order chi connectivity index (χ1) is 10.1. The van der Waals surface area contributed by atoms with Crippen molar-refractivity contribution >= 4 is 17.7 Å². The molecule has 0 bridgehead atoms. The van der Waals surface area contributed by atoms with Crippen molar-refractivity contribution in [3.05, 3.63) is 35.4 Å². The van der Waals surface area contributed by atoms with Crippen LogP contribution in [-0.4, -0.2) is 35.2 Å². The van der Waals surface area contributed by atoms with Crippen LogP contribution in [0.15, 0.2) is 24.3 Å². The average Bonchev–Trinajstić information content (AvgIpc) is 3.05. The van der Waals surface area contributed by atoms with Gasteiger partial charge in [-0.2, -0.15) is 0 Å². The molecule has 21 heavy (non-hydrogen) atoms. The zero-order chi connectivity index (χ0) is 14.6. The Morgan fingerprint density at radius 2 is 1.81 bits per heavy atom. The van der Waals surface area contributed by atoms with E-state index in [2.05, 4.69) is 5.32 Å². The third-order valence-corrected chi connectivity index (χ3v) is 5.11. The predicted molar refractivity (Wildman–Crippen MR) is 74.6 cm³/mol. The number of nitrogens with one attached hydrogen (secondary N) is 1. The first-order valence-corrected chi connectivity index (χ1v) is 7.35. The summed E-state index contributed by atoms with van der Waals surface area (Å²) in [6.45, 7) is 0.350. The molecule has 1 N–H and O–H groups in total. The van der Waals surface area contributed by atoms with E-state index < -0.39 is 0 Å². The molecule has 2 fully saturated rings. The molecule has 1 saturated carbocycles. The molecule has 108 valence electrons. The van der Waals surface area contributed by atoms with Crippen molar-refractivity contribution in [2.75, 3.05) is 6.54 Å². The molecule has 5 nitrogen and oxygen atoms in total. The van der Waals surface area contributed by atoms with Crippen LogP contribution in [0.3, 0.4) is 0 Å². The number of carbonyl (C=O) groups is 3. The summed E-state index contributed by atoms with van der Waals surface area (Å²) in [6.07, 6.45) is 3.29. The van der Waals surface area contributed by atoms with E-state index in [1.807, 2.05) is 0 Å². The first-order valence-electron chi connectivity index (χ1n) is 7.35. The van der Waals surface area contributed by atoms with E-state index in [9.17, 15) is 14.4 Å². The quantitative estimate of drug-likeness (QED) is 0.833. The molecule has 4 rings (SSSR count). The van der Waals surface area contributed by atoms with Gasteiger partial charge in [0.15, 0.2) is 0 Å². The Labute approximate surface area is 122 Å². The second-order valence-corrected chi connectivity index (χ2v) is 6.29. The van der Waals surface area contributed by atoms with Crippen LogP contribution in [0.4, 0.5) is 0 Å². The van der Waals surface area contributed by atoms with Crippen molar-refractivity contribution < 1.29 is 14.4 Å². The number of fused-ring (bicyclic) bond motifs is 2. The topological polar surface area (TPSA) is 66.5 Å². The lowest BCUT2D eigenvalue weighted by molar-refractivity contribution is -0.120. The number of rotatable bonds is 2. The third kappa shape index (κ3) is 1.66. The molecule has 3 aliphatic rings. The number of imide groups is 1. The van der Waals surface area contributed by atoms with Crippen LogP contribution in [-0.2, 0) is 4.79 Å². The van der Waals surface area contributed by atoms with Gasteiger partial charge in [0, 0.05) is 24.4 Å². The molecule has 2 heterocycles. The highest BCUT2D eigenvalue weighted by atomic mass is 16.2. The standard InChI is InChI=1S/C16H16N2O3/c19-13-8-16(7-3-6-12(16)17-13)9-18-14(20)10-4-1-2-5-11(10)15(18)21/h1-2,4-5,12H,3,6-9H2,(H,17,19)/t12-,16-/m0/s1. The fourth-order valence-corrected chi connectivity index (χ4v) is 4.08. The Bertz CT molecular complexity index is 634. The van der Waals surface area contributed by atoms with Crippen molar-refractivity contribution in [3.8, 4) is 0 Å². The largest absolute Gasteiger partial charge is 0.353 e. The van der Waals surface area contributed by atoms with Gasteiger partial charge in [0.05, 0.1) is 11.1 Å². The van der Waals surface area contributed by atoms with Gasteiger partial charge < -0.3 is 5.32 Å². The summed E-state index contributed by atoms with van der Waals surface area (Å²) in [7, 11) is 0. The first kappa shape index (κ1) is 12.6. The molecule has 0 radical (unpaired) electrons. The lowest BCUT2D eigenvalue weighted by Gasteiger charge is -2.31. The second-order valence-electron chi connectivity index (χ2n) is 6.29. The van der Waals surface area contributed by atoms with Crippen molar-refractivity contribution in [2.24, 2.45) is 5.41 Å². The van der Waals surface area contributed by atoms with Crippen molar-refractivity contribution in [3.63, 3.8) is 0 Å². The van der Waals surface area contributed by atoms with E-state index in [1.54, 1.807) is 24.3 Å². The van der Waals surface area contributed by atoms with Crippen LogP contribution in [0, 0.1) is 5.41 Å². The van der Waals surface area contributed by atoms with Crippen LogP contribution in [0.25, 0.3) is 0 Å². The normalized spacial score (nSPS) is 30.6. The number of benzene rings is 1. The number of carbonyl (C=O) groups excluding carboxylic acids is 3. The maximum Gasteiger partial charge on any atom is 0.261 e. The summed E-state index contributed by atoms with van der Waals surface area (Å²) in [5.41, 5.74) is 0.696. The van der Waals surface area contributed by atoms with Crippen molar-refractivity contribution in [2.45, 2.75) is 31.7 Å². The van der Waals surface area contributed by atoms with Crippen LogP contribution >= 0.6 is 0 Å². The Balaban J connectivity index is 1.66. The van der Waals surface area contributed by atoms with Crippen LogP contribution < -0.4 is 5.32 Å². The van der Waals surface area contributed by atoms with Gasteiger partial charge in [-0.1, -0.05) is 18.6 Å². The lowest BCUT2D eigenvalue weighted by atomic mass is 9.81.